The molecule has 1 N–H and O–H groups in total. The van der Waals surface area contributed by atoms with Gasteiger partial charge in [0.15, 0.2) is 0 Å². The highest BCUT2D eigenvalue weighted by Crippen LogP contribution is 2.33. The first kappa shape index (κ1) is 11.5. The highest BCUT2D eigenvalue weighted by atomic mass is 19.4. The van der Waals surface area contributed by atoms with Crippen molar-refractivity contribution >= 4 is 0 Å². The number of rotatable bonds is 1. The third-order valence-corrected chi connectivity index (χ3v) is 3.02. The minimum absolute atomic E-state index is 0.223. The zero-order valence-electron chi connectivity index (χ0n) is 9.06. The van der Waals surface area contributed by atoms with Gasteiger partial charge in [-0.2, -0.15) is 13.2 Å². The van der Waals surface area contributed by atoms with Gasteiger partial charge in [-0.1, -0.05) is 12.1 Å². The fourth-order valence-electron chi connectivity index (χ4n) is 2.19. The Morgan fingerprint density at radius 2 is 2.06 bits per heavy atom. The molecular formula is C12H14F3N. The van der Waals surface area contributed by atoms with Gasteiger partial charge in [0.05, 0.1) is 5.56 Å². The lowest BCUT2D eigenvalue weighted by Gasteiger charge is -2.15. The minimum atomic E-state index is -4.24. The van der Waals surface area contributed by atoms with Crippen LogP contribution >= 0.6 is 0 Å². The van der Waals surface area contributed by atoms with Gasteiger partial charge in [0, 0.05) is 6.04 Å². The zero-order valence-corrected chi connectivity index (χ0v) is 9.06. The van der Waals surface area contributed by atoms with Crippen LogP contribution in [0.2, 0.25) is 0 Å². The maximum Gasteiger partial charge on any atom is 0.416 e. The van der Waals surface area contributed by atoms with Crippen molar-refractivity contribution in [2.24, 2.45) is 0 Å². The van der Waals surface area contributed by atoms with E-state index in [9.17, 15) is 13.2 Å². The van der Waals surface area contributed by atoms with E-state index in [1.807, 2.05) is 0 Å². The van der Waals surface area contributed by atoms with Crippen LogP contribution in [0.1, 0.15) is 35.6 Å². The van der Waals surface area contributed by atoms with Crippen molar-refractivity contribution in [3.05, 3.63) is 34.9 Å². The summed E-state index contributed by atoms with van der Waals surface area (Å²) < 4.78 is 37.6. The Balaban J connectivity index is 2.29. The van der Waals surface area contributed by atoms with Gasteiger partial charge in [0.2, 0.25) is 0 Å². The number of nitrogens with one attached hydrogen (secondary N) is 1. The molecule has 0 bridgehead atoms. The Morgan fingerprint density at radius 3 is 2.56 bits per heavy atom. The van der Waals surface area contributed by atoms with E-state index in [1.165, 1.54) is 13.0 Å². The molecule has 0 radical (unpaired) electrons. The smallest absolute Gasteiger partial charge is 0.310 e. The first-order valence-electron chi connectivity index (χ1n) is 5.39. The second kappa shape index (κ2) is 4.09. The number of aryl methyl sites for hydroxylation is 1. The first-order chi connectivity index (χ1) is 7.48. The average Bonchev–Trinajstić information content (AvgIpc) is 2.68. The van der Waals surface area contributed by atoms with Crippen molar-refractivity contribution in [3.63, 3.8) is 0 Å². The summed E-state index contributed by atoms with van der Waals surface area (Å²) in [5.41, 5.74) is 0.732. The predicted octanol–water partition coefficient (Wildman–Crippen LogP) is 3.44. The van der Waals surface area contributed by atoms with Crippen LogP contribution in [0.4, 0.5) is 13.2 Å². The van der Waals surface area contributed by atoms with Crippen LogP contribution < -0.4 is 5.32 Å². The molecule has 1 atom stereocenters. The molecule has 1 heterocycles. The minimum Gasteiger partial charge on any atom is -0.310 e. The van der Waals surface area contributed by atoms with E-state index in [4.69, 9.17) is 0 Å². The molecule has 16 heavy (non-hydrogen) atoms. The molecule has 1 saturated heterocycles. The predicted molar refractivity (Wildman–Crippen MR) is 56.2 cm³/mol. The van der Waals surface area contributed by atoms with Gasteiger partial charge in [-0.05, 0) is 43.5 Å². The van der Waals surface area contributed by atoms with Crippen molar-refractivity contribution in [3.8, 4) is 0 Å². The van der Waals surface area contributed by atoms with Crippen molar-refractivity contribution in [2.45, 2.75) is 32.0 Å². The molecule has 0 spiro atoms. The maximum atomic E-state index is 12.5. The lowest BCUT2D eigenvalue weighted by atomic mass is 9.99. The molecule has 1 aromatic rings. The van der Waals surface area contributed by atoms with Crippen LogP contribution in [-0.4, -0.2) is 6.54 Å². The SMILES string of the molecule is Cc1cc([C@H]2CCCN2)ccc1C(F)(F)F. The lowest BCUT2D eigenvalue weighted by Crippen LogP contribution is -2.14. The number of halogens is 3. The highest BCUT2D eigenvalue weighted by molar-refractivity contribution is 5.34. The third kappa shape index (κ3) is 2.21. The van der Waals surface area contributed by atoms with Crippen LogP contribution in [0.15, 0.2) is 18.2 Å². The molecule has 1 aliphatic rings. The second-order valence-electron chi connectivity index (χ2n) is 4.22. The quantitative estimate of drug-likeness (QED) is 0.777. The van der Waals surface area contributed by atoms with Gasteiger partial charge in [0.1, 0.15) is 0 Å². The van der Waals surface area contributed by atoms with E-state index in [0.29, 0.717) is 5.56 Å². The molecule has 0 aliphatic carbocycles. The monoisotopic (exact) mass is 229 g/mol. The molecule has 1 nitrogen and oxygen atoms in total. The molecule has 1 aromatic carbocycles. The number of benzene rings is 1. The van der Waals surface area contributed by atoms with Gasteiger partial charge in [-0.15, -0.1) is 0 Å². The summed E-state index contributed by atoms with van der Waals surface area (Å²) in [6.07, 6.45) is -2.15. The Morgan fingerprint density at radius 1 is 1.31 bits per heavy atom. The average molecular weight is 229 g/mol. The summed E-state index contributed by atoms with van der Waals surface area (Å²) in [5.74, 6) is 0. The molecular weight excluding hydrogens is 215 g/mol. The summed E-state index contributed by atoms with van der Waals surface area (Å²) >= 11 is 0. The lowest BCUT2D eigenvalue weighted by molar-refractivity contribution is -0.138. The van der Waals surface area contributed by atoms with Crippen LogP contribution in [-0.2, 0) is 6.18 Å². The Labute approximate surface area is 92.7 Å². The summed E-state index contributed by atoms with van der Waals surface area (Å²) in [5, 5.41) is 3.28. The van der Waals surface area contributed by atoms with Crippen LogP contribution in [0.5, 0.6) is 0 Å². The summed E-state index contributed by atoms with van der Waals surface area (Å²) in [7, 11) is 0. The van der Waals surface area contributed by atoms with E-state index in [0.717, 1.165) is 24.9 Å². The molecule has 2 rings (SSSR count). The van der Waals surface area contributed by atoms with Crippen LogP contribution in [0.3, 0.4) is 0 Å². The number of alkyl halides is 3. The van der Waals surface area contributed by atoms with Gasteiger partial charge in [0.25, 0.3) is 0 Å². The molecule has 88 valence electrons. The zero-order chi connectivity index (χ0) is 11.8. The van der Waals surface area contributed by atoms with E-state index in [-0.39, 0.29) is 6.04 Å². The van der Waals surface area contributed by atoms with Gasteiger partial charge in [-0.25, -0.2) is 0 Å². The Bertz CT molecular complexity index is 378. The third-order valence-electron chi connectivity index (χ3n) is 3.02. The standard InChI is InChI=1S/C12H14F3N/c1-8-7-9(11-3-2-6-16-11)4-5-10(8)12(13,14)15/h4-5,7,11,16H,2-3,6H2,1H3/t11-/m1/s1. The summed E-state index contributed by atoms with van der Waals surface area (Å²) in [4.78, 5) is 0. The summed E-state index contributed by atoms with van der Waals surface area (Å²) in [6.45, 7) is 2.46. The van der Waals surface area contributed by atoms with Crippen LogP contribution in [0, 0.1) is 6.92 Å². The first-order valence-corrected chi connectivity index (χ1v) is 5.39. The van der Waals surface area contributed by atoms with Gasteiger partial charge < -0.3 is 5.32 Å². The summed E-state index contributed by atoms with van der Waals surface area (Å²) in [6, 6.07) is 4.64. The molecule has 1 aliphatic heterocycles. The van der Waals surface area contributed by atoms with E-state index < -0.39 is 11.7 Å². The molecule has 0 saturated carbocycles. The van der Waals surface area contributed by atoms with Crippen LogP contribution in [0.25, 0.3) is 0 Å². The van der Waals surface area contributed by atoms with Gasteiger partial charge >= 0.3 is 6.18 Å². The topological polar surface area (TPSA) is 12.0 Å². The highest BCUT2D eigenvalue weighted by Gasteiger charge is 2.32. The van der Waals surface area contributed by atoms with Gasteiger partial charge in [-0.3, -0.25) is 0 Å². The Hall–Kier alpha value is -1.03. The normalized spacial score (nSPS) is 21.4. The van der Waals surface area contributed by atoms with E-state index >= 15 is 0 Å². The number of hydrogen-bond donors (Lipinski definition) is 1. The largest absolute Gasteiger partial charge is 0.416 e. The molecule has 0 aromatic heterocycles. The molecule has 4 heteroatoms. The number of hydrogen-bond acceptors (Lipinski definition) is 1. The fourth-order valence-corrected chi connectivity index (χ4v) is 2.19. The fraction of sp³-hybridized carbons (Fsp3) is 0.500. The van der Waals surface area contributed by atoms with Crippen molar-refractivity contribution in [2.75, 3.05) is 6.54 Å². The van der Waals surface area contributed by atoms with Crippen molar-refractivity contribution in [1.82, 2.24) is 5.32 Å². The molecule has 0 unspecified atom stereocenters. The Kier molecular flexibility index (Phi) is 2.93. The van der Waals surface area contributed by atoms with Crippen molar-refractivity contribution in [1.29, 1.82) is 0 Å². The second-order valence-corrected chi connectivity index (χ2v) is 4.22. The van der Waals surface area contributed by atoms with E-state index in [1.54, 1.807) is 12.1 Å². The van der Waals surface area contributed by atoms with Crippen molar-refractivity contribution < 1.29 is 13.2 Å². The molecule has 1 fully saturated rings. The maximum absolute atomic E-state index is 12.5. The van der Waals surface area contributed by atoms with E-state index in [2.05, 4.69) is 5.32 Å². The molecule has 0 amide bonds.